The summed E-state index contributed by atoms with van der Waals surface area (Å²) >= 11 is 0. The summed E-state index contributed by atoms with van der Waals surface area (Å²) in [4.78, 5) is 3.02. The Morgan fingerprint density at radius 2 is 1.76 bits per heavy atom. The predicted molar refractivity (Wildman–Crippen MR) is 117 cm³/mol. The van der Waals surface area contributed by atoms with Crippen molar-refractivity contribution in [1.82, 2.24) is 14.4 Å². The number of aliphatic hydroxyl groups is 2. The number of hydrogen-bond donors (Lipinski definition) is 5. The molecule has 0 aliphatic heterocycles. The van der Waals surface area contributed by atoms with E-state index in [1.807, 2.05) is 0 Å². The second kappa shape index (κ2) is 9.43. The number of fused-ring (bicyclic) bond motifs is 1. The largest absolute Gasteiger partial charge is 0.394 e. The van der Waals surface area contributed by atoms with Crippen LogP contribution in [0.5, 0.6) is 0 Å². The summed E-state index contributed by atoms with van der Waals surface area (Å²) in [7, 11) is -3.84. The summed E-state index contributed by atoms with van der Waals surface area (Å²) in [5, 5.41) is 18.5. The Morgan fingerprint density at radius 1 is 1.06 bits per heavy atom. The van der Waals surface area contributed by atoms with Crippen molar-refractivity contribution in [2.45, 2.75) is 24.9 Å². The van der Waals surface area contributed by atoms with Crippen molar-refractivity contribution in [1.29, 1.82) is 0 Å². The smallest absolute Gasteiger partial charge is 0.277 e. The number of rotatable bonds is 9. The molecule has 7 nitrogen and oxygen atoms in total. The zero-order chi connectivity index (χ0) is 23.8. The second-order valence-electron chi connectivity index (χ2n) is 8.30. The predicted octanol–water partition coefficient (Wildman–Crippen LogP) is 2.52. The Balaban J connectivity index is 1.52. The third-order valence-corrected chi connectivity index (χ3v) is 7.02. The van der Waals surface area contributed by atoms with E-state index >= 15 is 0 Å². The minimum atomic E-state index is -3.84. The van der Waals surface area contributed by atoms with Gasteiger partial charge in [0.15, 0.2) is 0 Å². The van der Waals surface area contributed by atoms with Gasteiger partial charge < -0.3 is 15.2 Å². The van der Waals surface area contributed by atoms with Crippen LogP contribution < -0.4 is 9.44 Å². The molecular formula is C22H24F3N3O4S. The molecule has 33 heavy (non-hydrogen) atoms. The van der Waals surface area contributed by atoms with E-state index in [-0.39, 0.29) is 30.4 Å². The van der Waals surface area contributed by atoms with Crippen molar-refractivity contribution >= 4 is 21.1 Å². The van der Waals surface area contributed by atoms with E-state index in [0.29, 0.717) is 29.5 Å². The van der Waals surface area contributed by atoms with Gasteiger partial charge in [-0.05, 0) is 66.1 Å². The summed E-state index contributed by atoms with van der Waals surface area (Å²) in [5.41, 5.74) is 2.11. The van der Waals surface area contributed by atoms with E-state index < -0.39 is 40.4 Å². The first-order valence-electron chi connectivity index (χ1n) is 10.5. The van der Waals surface area contributed by atoms with E-state index in [1.54, 1.807) is 12.1 Å². The molecule has 1 aliphatic carbocycles. The third-order valence-electron chi connectivity index (χ3n) is 5.92. The van der Waals surface area contributed by atoms with E-state index in [4.69, 9.17) is 5.11 Å². The number of H-pyrrole nitrogens is 1. The minimum absolute atomic E-state index is 0.00114. The van der Waals surface area contributed by atoms with Crippen molar-refractivity contribution in [2.24, 2.45) is 5.92 Å². The lowest BCUT2D eigenvalue weighted by atomic mass is 9.70. The Bertz CT molecular complexity index is 1240. The molecule has 5 N–H and O–H groups in total. The van der Waals surface area contributed by atoms with Crippen LogP contribution in [0.4, 0.5) is 13.2 Å². The van der Waals surface area contributed by atoms with E-state index in [9.17, 15) is 26.7 Å². The summed E-state index contributed by atoms with van der Waals surface area (Å²) in [5.74, 6) is -1.91. The van der Waals surface area contributed by atoms with Crippen LogP contribution in [-0.4, -0.2) is 49.4 Å². The number of aromatic amines is 1. The quantitative estimate of drug-likeness (QED) is 0.322. The highest BCUT2D eigenvalue weighted by atomic mass is 32.2. The first-order valence-corrected chi connectivity index (χ1v) is 11.9. The van der Waals surface area contributed by atoms with Gasteiger partial charge in [-0.3, -0.25) is 0 Å². The van der Waals surface area contributed by atoms with Gasteiger partial charge in [-0.25, -0.2) is 17.9 Å². The lowest BCUT2D eigenvalue weighted by Crippen LogP contribution is -2.44. The lowest BCUT2D eigenvalue weighted by molar-refractivity contribution is 0.0987. The fraction of sp³-hybridized carbons (Fsp3) is 0.364. The number of aromatic nitrogens is 1. The molecule has 3 aromatic rings. The summed E-state index contributed by atoms with van der Waals surface area (Å²) < 4.78 is 70.4. The molecule has 1 aromatic heterocycles. The normalized spacial score (nSPS) is 19.5. The van der Waals surface area contributed by atoms with Crippen LogP contribution in [0.25, 0.3) is 22.2 Å². The maximum Gasteiger partial charge on any atom is 0.277 e. The van der Waals surface area contributed by atoms with Crippen LogP contribution in [-0.2, 0) is 10.2 Å². The molecule has 1 aliphatic rings. The molecular weight excluding hydrogens is 459 g/mol. The van der Waals surface area contributed by atoms with Crippen molar-refractivity contribution in [3.8, 4) is 11.3 Å². The molecule has 2 aromatic carbocycles. The molecule has 1 saturated carbocycles. The van der Waals surface area contributed by atoms with Gasteiger partial charge in [0.05, 0.1) is 23.9 Å². The SMILES string of the molecule is O=S(=O)(NCC1CC(c2c(-c3ccc(F)cc3)[nH]c3c(F)cc(F)cc23)C1)NC[C@H](O)CO. The lowest BCUT2D eigenvalue weighted by Gasteiger charge is -2.36. The minimum Gasteiger partial charge on any atom is -0.394 e. The van der Waals surface area contributed by atoms with Gasteiger partial charge in [-0.15, -0.1) is 0 Å². The fourth-order valence-corrected chi connectivity index (χ4v) is 5.16. The highest BCUT2D eigenvalue weighted by Crippen LogP contribution is 2.48. The molecule has 178 valence electrons. The Kier molecular flexibility index (Phi) is 6.78. The molecule has 1 fully saturated rings. The highest BCUT2D eigenvalue weighted by molar-refractivity contribution is 7.87. The van der Waals surface area contributed by atoms with Crippen LogP contribution in [0.1, 0.15) is 24.3 Å². The fourth-order valence-electron chi connectivity index (χ4n) is 4.20. The first-order chi connectivity index (χ1) is 15.7. The number of benzene rings is 2. The van der Waals surface area contributed by atoms with Crippen LogP contribution in [0.3, 0.4) is 0 Å². The first kappa shape index (κ1) is 23.7. The average Bonchev–Trinajstić information content (AvgIpc) is 3.11. The van der Waals surface area contributed by atoms with Gasteiger partial charge in [-0.2, -0.15) is 13.1 Å². The Hall–Kier alpha value is -2.44. The maximum atomic E-state index is 14.4. The molecule has 0 spiro atoms. The number of nitrogens with one attached hydrogen (secondary N) is 3. The summed E-state index contributed by atoms with van der Waals surface area (Å²) in [6, 6.07) is 7.78. The maximum absolute atomic E-state index is 14.4. The molecule has 1 atom stereocenters. The standard InChI is InChI=1S/C22H24F3N3O4S/c23-15-3-1-13(2-4-15)21-20(18-7-16(24)8-19(25)22(18)28-21)14-5-12(6-14)9-26-33(31,32)27-10-17(30)11-29/h1-4,7-8,12,14,17,26-30H,5-6,9-11H2/t12?,14?,17-/m0/s1. The summed E-state index contributed by atoms with van der Waals surface area (Å²) in [6.45, 7) is -0.723. The summed E-state index contributed by atoms with van der Waals surface area (Å²) in [6.07, 6.45) is -0.0236. The van der Waals surface area contributed by atoms with Crippen LogP contribution in [0, 0.1) is 23.4 Å². The molecule has 0 bridgehead atoms. The Labute approximate surface area is 188 Å². The molecule has 0 radical (unpaired) electrons. The van der Waals surface area contributed by atoms with Crippen molar-refractivity contribution < 1.29 is 31.8 Å². The molecule has 0 unspecified atom stereocenters. The molecule has 0 amide bonds. The second-order valence-corrected chi connectivity index (χ2v) is 9.89. The van der Waals surface area contributed by atoms with Gasteiger partial charge >= 0.3 is 0 Å². The van der Waals surface area contributed by atoms with E-state index in [2.05, 4.69) is 14.4 Å². The number of hydrogen-bond acceptors (Lipinski definition) is 4. The van der Waals surface area contributed by atoms with E-state index in [1.165, 1.54) is 18.2 Å². The third kappa shape index (κ3) is 5.22. The molecule has 4 rings (SSSR count). The zero-order valence-corrected chi connectivity index (χ0v) is 18.3. The zero-order valence-electron chi connectivity index (χ0n) is 17.5. The van der Waals surface area contributed by atoms with Crippen molar-refractivity contribution in [2.75, 3.05) is 19.7 Å². The Morgan fingerprint density at radius 3 is 2.42 bits per heavy atom. The monoisotopic (exact) mass is 483 g/mol. The number of halogens is 3. The van der Waals surface area contributed by atoms with Crippen LogP contribution in [0.2, 0.25) is 0 Å². The van der Waals surface area contributed by atoms with Crippen molar-refractivity contribution in [3.05, 3.63) is 59.4 Å². The van der Waals surface area contributed by atoms with E-state index in [0.717, 1.165) is 11.6 Å². The van der Waals surface area contributed by atoms with Gasteiger partial charge in [0.2, 0.25) is 0 Å². The molecule has 1 heterocycles. The number of aliphatic hydroxyl groups excluding tert-OH is 2. The van der Waals surface area contributed by atoms with Gasteiger partial charge in [0, 0.05) is 24.5 Å². The molecule has 0 saturated heterocycles. The van der Waals surface area contributed by atoms with Crippen LogP contribution >= 0.6 is 0 Å². The highest BCUT2D eigenvalue weighted by Gasteiger charge is 2.35. The topological polar surface area (TPSA) is 114 Å². The van der Waals surface area contributed by atoms with Crippen LogP contribution in [0.15, 0.2) is 36.4 Å². The van der Waals surface area contributed by atoms with Gasteiger partial charge in [0.1, 0.15) is 17.5 Å². The molecule has 11 heteroatoms. The van der Waals surface area contributed by atoms with Gasteiger partial charge in [0.25, 0.3) is 10.2 Å². The average molecular weight is 484 g/mol. The van der Waals surface area contributed by atoms with Gasteiger partial charge in [-0.1, -0.05) is 0 Å². The van der Waals surface area contributed by atoms with Crippen molar-refractivity contribution in [3.63, 3.8) is 0 Å².